The number of likely N-dealkylation sites (tertiary alicyclic amines) is 1. The van der Waals surface area contributed by atoms with Gasteiger partial charge in [0.2, 0.25) is 5.91 Å². The van der Waals surface area contributed by atoms with Crippen molar-refractivity contribution in [2.45, 2.75) is 78.4 Å². The summed E-state index contributed by atoms with van der Waals surface area (Å²) in [6.07, 6.45) is 2.30. The number of hydrogen-bond acceptors (Lipinski definition) is 9. The van der Waals surface area contributed by atoms with Gasteiger partial charge in [-0.15, -0.1) is 0 Å². The largest absolute Gasteiger partial charge is 0.488 e. The summed E-state index contributed by atoms with van der Waals surface area (Å²) in [5.41, 5.74) is 5.84. The van der Waals surface area contributed by atoms with Gasteiger partial charge >= 0.3 is 6.09 Å². The molecule has 1 atom stereocenters. The maximum absolute atomic E-state index is 14.1. The summed E-state index contributed by atoms with van der Waals surface area (Å²) < 4.78 is 30.1. The molecule has 0 aliphatic carbocycles. The van der Waals surface area contributed by atoms with Gasteiger partial charge in [-0.25, -0.2) is 4.79 Å². The summed E-state index contributed by atoms with van der Waals surface area (Å²) in [5, 5.41) is 9.93. The highest BCUT2D eigenvalue weighted by molar-refractivity contribution is 6.32. The topological polar surface area (TPSA) is 114 Å². The first-order valence-corrected chi connectivity index (χ1v) is 20.4. The van der Waals surface area contributed by atoms with Crippen molar-refractivity contribution in [2.75, 3.05) is 45.9 Å². The Morgan fingerprint density at radius 3 is 2.34 bits per heavy atom. The molecule has 7 rings (SSSR count). The first-order chi connectivity index (χ1) is 28.0. The van der Waals surface area contributed by atoms with Gasteiger partial charge in [-0.05, 0) is 105 Å². The van der Waals surface area contributed by atoms with E-state index < -0.39 is 5.60 Å². The summed E-state index contributed by atoms with van der Waals surface area (Å²) >= 11 is 7.00. The molecule has 4 aromatic rings. The third kappa shape index (κ3) is 9.80. The number of nitrogens with zero attached hydrogens (tertiary/aromatic N) is 4. The molecule has 0 radical (unpaired) electrons. The zero-order valence-electron chi connectivity index (χ0n) is 33.7. The summed E-state index contributed by atoms with van der Waals surface area (Å²) in [5.74, 6) is 2.62. The molecule has 12 heteroatoms. The van der Waals surface area contributed by atoms with Gasteiger partial charge in [0.1, 0.15) is 43.5 Å². The molecule has 11 nitrogen and oxygen atoms in total. The van der Waals surface area contributed by atoms with E-state index in [1.807, 2.05) is 86.3 Å². The Balaban J connectivity index is 1.09. The number of carbonyl (C=O) groups excluding carboxylic acids is 2. The van der Waals surface area contributed by atoms with Gasteiger partial charge in [-0.3, -0.25) is 9.69 Å². The Morgan fingerprint density at radius 2 is 1.57 bits per heavy atom. The lowest BCUT2D eigenvalue weighted by atomic mass is 9.96. The van der Waals surface area contributed by atoms with Crippen LogP contribution in [0.2, 0.25) is 5.02 Å². The van der Waals surface area contributed by atoms with Crippen molar-refractivity contribution in [3.63, 3.8) is 0 Å². The summed E-state index contributed by atoms with van der Waals surface area (Å²) in [6.45, 7) is 12.1. The third-order valence-electron chi connectivity index (χ3n) is 10.8. The second kappa shape index (κ2) is 18.0. The van der Waals surface area contributed by atoms with Gasteiger partial charge in [-0.1, -0.05) is 54.4 Å². The molecule has 2 fully saturated rings. The zero-order chi connectivity index (χ0) is 40.8. The number of carbonyl (C=O) groups is 2. The number of rotatable bonds is 10. The summed E-state index contributed by atoms with van der Waals surface area (Å²) in [7, 11) is 0. The average molecular weight is 807 g/mol. The van der Waals surface area contributed by atoms with Crippen LogP contribution in [-0.2, 0) is 29.3 Å². The molecule has 4 aromatic carbocycles. The van der Waals surface area contributed by atoms with E-state index >= 15 is 0 Å². The van der Waals surface area contributed by atoms with Gasteiger partial charge in [0.05, 0.1) is 22.7 Å². The second-order valence-electron chi connectivity index (χ2n) is 16.0. The van der Waals surface area contributed by atoms with E-state index in [9.17, 15) is 14.9 Å². The number of hydrogen-bond donors (Lipinski definition) is 0. The SMILES string of the molecule is Cc1c(COc2cc(OCc3cccc(C#N)c3)c(CN3CCCCC3C(=O)N3CCN(C(=O)OC(C)(C)C)CC3)cc2Cl)cccc1-c1ccc2c(c1)OCCO2. The molecule has 0 N–H and O–H groups in total. The fourth-order valence-corrected chi connectivity index (χ4v) is 7.92. The quantitative estimate of drug-likeness (QED) is 0.156. The van der Waals surface area contributed by atoms with Crippen LogP contribution in [-0.4, -0.2) is 84.3 Å². The zero-order valence-corrected chi connectivity index (χ0v) is 34.5. The van der Waals surface area contributed by atoms with Crippen molar-refractivity contribution in [2.24, 2.45) is 0 Å². The molecule has 3 aliphatic heterocycles. The Labute approximate surface area is 345 Å². The molecule has 2 saturated heterocycles. The van der Waals surface area contributed by atoms with E-state index in [0.717, 1.165) is 70.7 Å². The van der Waals surface area contributed by atoms with Crippen LogP contribution in [0, 0.1) is 18.3 Å². The first kappa shape index (κ1) is 40.7. The number of halogens is 1. The van der Waals surface area contributed by atoms with Crippen LogP contribution in [0.4, 0.5) is 4.79 Å². The highest BCUT2D eigenvalue weighted by Crippen LogP contribution is 2.38. The Hall–Kier alpha value is -5.44. The normalized spacial score (nSPS) is 17.0. The van der Waals surface area contributed by atoms with Crippen molar-refractivity contribution in [3.8, 4) is 40.2 Å². The average Bonchev–Trinajstić information content (AvgIpc) is 3.22. The van der Waals surface area contributed by atoms with E-state index in [1.54, 1.807) is 11.0 Å². The Bertz CT molecular complexity index is 2170. The predicted octanol–water partition coefficient (Wildman–Crippen LogP) is 8.55. The second-order valence-corrected chi connectivity index (χ2v) is 16.4. The smallest absolute Gasteiger partial charge is 0.410 e. The molecule has 0 aromatic heterocycles. The molecule has 0 saturated carbocycles. The molecule has 3 aliphatic rings. The van der Waals surface area contributed by atoms with Crippen LogP contribution in [0.3, 0.4) is 0 Å². The fourth-order valence-electron chi connectivity index (χ4n) is 7.68. The summed E-state index contributed by atoms with van der Waals surface area (Å²) in [4.78, 5) is 32.5. The molecule has 304 valence electrons. The lowest BCUT2D eigenvalue weighted by Gasteiger charge is -2.41. The molecule has 0 spiro atoms. The van der Waals surface area contributed by atoms with Crippen LogP contribution in [0.25, 0.3) is 11.1 Å². The van der Waals surface area contributed by atoms with Gasteiger partial charge in [-0.2, -0.15) is 5.26 Å². The van der Waals surface area contributed by atoms with Crippen molar-refractivity contribution in [1.82, 2.24) is 14.7 Å². The number of piperidine rings is 1. The maximum atomic E-state index is 14.1. The maximum Gasteiger partial charge on any atom is 0.410 e. The molecule has 2 amide bonds. The van der Waals surface area contributed by atoms with E-state index in [0.29, 0.717) is 68.0 Å². The molecule has 0 bridgehead atoms. The number of fused-ring (bicyclic) bond motifs is 1. The van der Waals surface area contributed by atoms with Crippen LogP contribution in [0.15, 0.2) is 72.8 Å². The minimum absolute atomic E-state index is 0.0687. The number of amides is 2. The molecular formula is C46H51ClN4O7. The van der Waals surface area contributed by atoms with Crippen LogP contribution in [0.1, 0.15) is 67.9 Å². The number of ether oxygens (including phenoxy) is 5. The van der Waals surface area contributed by atoms with Crippen LogP contribution >= 0.6 is 11.6 Å². The first-order valence-electron chi connectivity index (χ1n) is 20.0. The number of nitriles is 1. The van der Waals surface area contributed by atoms with E-state index in [4.69, 9.17) is 35.3 Å². The monoisotopic (exact) mass is 806 g/mol. The highest BCUT2D eigenvalue weighted by Gasteiger charge is 2.35. The fraction of sp³-hybridized carbons (Fsp3) is 0.413. The van der Waals surface area contributed by atoms with Crippen molar-refractivity contribution < 1.29 is 33.3 Å². The van der Waals surface area contributed by atoms with Gasteiger partial charge < -0.3 is 33.5 Å². The third-order valence-corrected chi connectivity index (χ3v) is 11.1. The summed E-state index contributed by atoms with van der Waals surface area (Å²) in [6, 6.07) is 25.1. The lowest BCUT2D eigenvalue weighted by Crippen LogP contribution is -2.57. The molecule has 58 heavy (non-hydrogen) atoms. The molecular weight excluding hydrogens is 756 g/mol. The highest BCUT2D eigenvalue weighted by atomic mass is 35.5. The minimum atomic E-state index is -0.580. The van der Waals surface area contributed by atoms with Crippen molar-refractivity contribution >= 4 is 23.6 Å². The molecule has 1 unspecified atom stereocenters. The van der Waals surface area contributed by atoms with Crippen LogP contribution < -0.4 is 18.9 Å². The van der Waals surface area contributed by atoms with E-state index in [2.05, 4.69) is 24.0 Å². The Kier molecular flexibility index (Phi) is 12.6. The van der Waals surface area contributed by atoms with Crippen molar-refractivity contribution in [1.29, 1.82) is 5.26 Å². The van der Waals surface area contributed by atoms with Gasteiger partial charge in [0.15, 0.2) is 11.5 Å². The van der Waals surface area contributed by atoms with Gasteiger partial charge in [0, 0.05) is 44.4 Å². The minimum Gasteiger partial charge on any atom is -0.488 e. The van der Waals surface area contributed by atoms with Crippen LogP contribution in [0.5, 0.6) is 23.0 Å². The van der Waals surface area contributed by atoms with E-state index in [1.165, 1.54) is 0 Å². The van der Waals surface area contributed by atoms with E-state index in [-0.39, 0.29) is 31.3 Å². The predicted molar refractivity (Wildman–Crippen MR) is 221 cm³/mol. The van der Waals surface area contributed by atoms with Gasteiger partial charge in [0.25, 0.3) is 0 Å². The molecule has 3 heterocycles. The number of piperazine rings is 1. The van der Waals surface area contributed by atoms with Crippen molar-refractivity contribution in [3.05, 3.63) is 106 Å². The number of benzene rings is 4. The standard InChI is InChI=1S/C46H51ClN4O7/c1-31-35(11-8-12-37(31)34-14-15-40-43(25-34)55-22-21-54-40)30-57-42-26-41(56-29-33-10-7-9-32(23-33)27-48)36(24-38(42)47)28-51-16-6-5-13-39(51)44(52)49-17-19-50(20-18-49)45(53)58-46(2,3)4/h7-12,14-15,23-26,39H,5-6,13,16-22,28-30H2,1-4H3. The lowest BCUT2D eigenvalue weighted by molar-refractivity contribution is -0.140. The Morgan fingerprint density at radius 1 is 0.828 bits per heavy atom.